The van der Waals surface area contributed by atoms with E-state index < -0.39 is 15.9 Å². The van der Waals surface area contributed by atoms with Crippen molar-refractivity contribution in [2.75, 3.05) is 18.9 Å². The van der Waals surface area contributed by atoms with Crippen LogP contribution in [0.5, 0.6) is 0 Å². The summed E-state index contributed by atoms with van der Waals surface area (Å²) >= 11 is 0. The Morgan fingerprint density at radius 2 is 2.20 bits per heavy atom. The van der Waals surface area contributed by atoms with Crippen LogP contribution >= 0.6 is 0 Å². The van der Waals surface area contributed by atoms with Crippen molar-refractivity contribution in [3.05, 3.63) is 29.6 Å². The fourth-order valence-electron chi connectivity index (χ4n) is 1.26. The number of aliphatic hydroxyl groups is 1. The first-order valence-corrected chi connectivity index (χ1v) is 7.47. The number of carbonyl (C=O) groups excluding carboxylic acids is 1. The average Bonchev–Trinajstić information content (AvgIpc) is 2.38. The molecule has 20 heavy (non-hydrogen) atoms. The molecule has 0 saturated carbocycles. The Morgan fingerprint density at radius 1 is 1.45 bits per heavy atom. The normalized spacial score (nSPS) is 10.5. The smallest absolute Gasteiger partial charge is 0.252 e. The Kier molecular flexibility index (Phi) is 6.11. The van der Waals surface area contributed by atoms with Crippen molar-refractivity contribution >= 4 is 15.9 Å². The SMILES string of the molecule is NS(=O)(=O)CCNC(=O)c1cncc(C#CCCO)c1. The molecule has 0 atom stereocenters. The van der Waals surface area contributed by atoms with E-state index in [4.69, 9.17) is 10.2 Å². The van der Waals surface area contributed by atoms with E-state index in [1.54, 1.807) is 0 Å². The number of carbonyl (C=O) groups is 1. The zero-order valence-electron chi connectivity index (χ0n) is 10.7. The zero-order chi connectivity index (χ0) is 15.0. The van der Waals surface area contributed by atoms with Crippen molar-refractivity contribution in [2.45, 2.75) is 6.42 Å². The molecule has 0 unspecified atom stereocenters. The maximum Gasteiger partial charge on any atom is 0.252 e. The minimum Gasteiger partial charge on any atom is -0.395 e. The summed E-state index contributed by atoms with van der Waals surface area (Å²) in [7, 11) is -3.60. The van der Waals surface area contributed by atoms with Crippen LogP contribution in [0.25, 0.3) is 0 Å². The molecular formula is C12H15N3O4S. The molecule has 0 saturated heterocycles. The number of amides is 1. The maximum atomic E-state index is 11.7. The molecule has 0 aliphatic carbocycles. The van der Waals surface area contributed by atoms with Crippen LogP contribution in [-0.2, 0) is 10.0 Å². The second-order valence-electron chi connectivity index (χ2n) is 3.86. The molecule has 108 valence electrons. The number of nitrogens with one attached hydrogen (secondary N) is 1. The second-order valence-corrected chi connectivity index (χ2v) is 5.59. The number of pyridine rings is 1. The van der Waals surface area contributed by atoms with Gasteiger partial charge in [0.15, 0.2) is 0 Å². The Hall–Kier alpha value is -1.95. The van der Waals surface area contributed by atoms with E-state index in [0.29, 0.717) is 12.0 Å². The summed E-state index contributed by atoms with van der Waals surface area (Å²) in [4.78, 5) is 15.6. The molecule has 1 aromatic heterocycles. The van der Waals surface area contributed by atoms with Crippen LogP contribution in [0, 0.1) is 11.8 Å². The molecule has 8 heteroatoms. The summed E-state index contributed by atoms with van der Waals surface area (Å²) in [5, 5.41) is 15.9. The van der Waals surface area contributed by atoms with E-state index >= 15 is 0 Å². The molecule has 0 spiro atoms. The third-order valence-corrected chi connectivity index (χ3v) is 2.92. The lowest BCUT2D eigenvalue weighted by Gasteiger charge is -2.04. The molecule has 1 amide bonds. The van der Waals surface area contributed by atoms with Gasteiger partial charge in [0.1, 0.15) is 0 Å². The van der Waals surface area contributed by atoms with E-state index in [1.165, 1.54) is 18.5 Å². The highest BCUT2D eigenvalue weighted by atomic mass is 32.2. The minimum absolute atomic E-state index is 0.0336. The van der Waals surface area contributed by atoms with E-state index in [-0.39, 0.29) is 24.5 Å². The third kappa shape index (κ3) is 6.29. The van der Waals surface area contributed by atoms with Crippen molar-refractivity contribution < 1.29 is 18.3 Å². The van der Waals surface area contributed by atoms with Crippen LogP contribution in [0.2, 0.25) is 0 Å². The highest BCUT2D eigenvalue weighted by molar-refractivity contribution is 7.89. The van der Waals surface area contributed by atoms with E-state index in [2.05, 4.69) is 22.1 Å². The molecule has 0 aliphatic heterocycles. The molecule has 0 bridgehead atoms. The molecule has 7 nitrogen and oxygen atoms in total. The first-order chi connectivity index (χ1) is 9.42. The summed E-state index contributed by atoms with van der Waals surface area (Å²) in [5.41, 5.74) is 0.813. The molecule has 4 N–H and O–H groups in total. The zero-order valence-corrected chi connectivity index (χ0v) is 11.5. The number of sulfonamides is 1. The van der Waals surface area contributed by atoms with Crippen LogP contribution in [0.3, 0.4) is 0 Å². The summed E-state index contributed by atoms with van der Waals surface area (Å²) in [6, 6.07) is 1.53. The summed E-state index contributed by atoms with van der Waals surface area (Å²) in [6.45, 7) is -0.105. The maximum absolute atomic E-state index is 11.7. The lowest BCUT2D eigenvalue weighted by molar-refractivity contribution is 0.0955. The van der Waals surface area contributed by atoms with Gasteiger partial charge in [0, 0.05) is 30.9 Å². The van der Waals surface area contributed by atoms with Crippen LogP contribution in [-0.4, -0.2) is 43.3 Å². The van der Waals surface area contributed by atoms with Gasteiger partial charge >= 0.3 is 0 Å². The predicted molar refractivity (Wildman–Crippen MR) is 73.1 cm³/mol. The van der Waals surface area contributed by atoms with Gasteiger partial charge in [0.25, 0.3) is 5.91 Å². The Balaban J connectivity index is 2.65. The number of nitrogens with two attached hydrogens (primary N) is 1. The molecule has 0 aliphatic rings. The van der Waals surface area contributed by atoms with E-state index in [9.17, 15) is 13.2 Å². The lowest BCUT2D eigenvalue weighted by atomic mass is 10.2. The number of aromatic nitrogens is 1. The van der Waals surface area contributed by atoms with Gasteiger partial charge in [-0.15, -0.1) is 0 Å². The first-order valence-electron chi connectivity index (χ1n) is 5.76. The standard InChI is InChI=1S/C12H15N3O4S/c13-20(18,19)6-4-15-12(17)11-7-10(8-14-9-11)3-1-2-5-16/h7-9,16H,2,4-6H2,(H,15,17)(H2,13,18,19). The topological polar surface area (TPSA) is 122 Å². The van der Waals surface area contributed by atoms with Gasteiger partial charge in [0.2, 0.25) is 10.0 Å². The van der Waals surface area contributed by atoms with Crippen molar-refractivity contribution in [3.63, 3.8) is 0 Å². The van der Waals surface area contributed by atoms with E-state index in [1.807, 2.05) is 0 Å². The van der Waals surface area contributed by atoms with Crippen molar-refractivity contribution in [1.29, 1.82) is 0 Å². The quantitative estimate of drug-likeness (QED) is 0.591. The van der Waals surface area contributed by atoms with Gasteiger partial charge < -0.3 is 10.4 Å². The molecule has 1 heterocycles. The van der Waals surface area contributed by atoms with Crippen LogP contribution in [0.15, 0.2) is 18.5 Å². The van der Waals surface area contributed by atoms with Crippen LogP contribution in [0.1, 0.15) is 22.3 Å². The average molecular weight is 297 g/mol. The van der Waals surface area contributed by atoms with Crippen molar-refractivity contribution in [2.24, 2.45) is 5.14 Å². The Bertz CT molecular complexity index is 632. The molecular weight excluding hydrogens is 282 g/mol. The monoisotopic (exact) mass is 297 g/mol. The van der Waals surface area contributed by atoms with Crippen LogP contribution in [0.4, 0.5) is 0 Å². The van der Waals surface area contributed by atoms with Gasteiger partial charge in [0.05, 0.1) is 17.9 Å². The van der Waals surface area contributed by atoms with Crippen LogP contribution < -0.4 is 10.5 Å². The number of aliphatic hydroxyl groups excluding tert-OH is 1. The fourth-order valence-corrected chi connectivity index (χ4v) is 1.65. The minimum atomic E-state index is -3.60. The molecule has 1 aromatic rings. The van der Waals surface area contributed by atoms with Gasteiger partial charge in [-0.3, -0.25) is 9.78 Å². The van der Waals surface area contributed by atoms with Gasteiger partial charge in [-0.25, -0.2) is 13.6 Å². The molecule has 1 rings (SSSR count). The molecule has 0 fully saturated rings. The first kappa shape index (κ1) is 16.1. The largest absolute Gasteiger partial charge is 0.395 e. The Morgan fingerprint density at radius 3 is 2.85 bits per heavy atom. The number of hydrogen-bond acceptors (Lipinski definition) is 5. The number of nitrogens with zero attached hydrogens (tertiary/aromatic N) is 1. The van der Waals surface area contributed by atoms with E-state index in [0.717, 1.165) is 0 Å². The number of hydrogen-bond donors (Lipinski definition) is 3. The fraction of sp³-hybridized carbons (Fsp3) is 0.333. The van der Waals surface area contributed by atoms with Gasteiger partial charge in [-0.2, -0.15) is 0 Å². The summed E-state index contributed by atoms with van der Waals surface area (Å²) < 4.78 is 21.5. The summed E-state index contributed by atoms with van der Waals surface area (Å²) in [6.07, 6.45) is 3.18. The third-order valence-electron chi connectivity index (χ3n) is 2.14. The highest BCUT2D eigenvalue weighted by Crippen LogP contribution is 2.01. The molecule has 0 aromatic carbocycles. The second kappa shape index (κ2) is 7.59. The van der Waals surface area contributed by atoms with Gasteiger partial charge in [-0.05, 0) is 6.07 Å². The van der Waals surface area contributed by atoms with Crippen molar-refractivity contribution in [1.82, 2.24) is 10.3 Å². The summed E-state index contributed by atoms with van der Waals surface area (Å²) in [5.74, 6) is 4.68. The lowest BCUT2D eigenvalue weighted by Crippen LogP contribution is -2.31. The highest BCUT2D eigenvalue weighted by Gasteiger charge is 2.08. The van der Waals surface area contributed by atoms with Gasteiger partial charge in [-0.1, -0.05) is 11.8 Å². The Labute approximate surface area is 117 Å². The molecule has 0 radical (unpaired) electrons. The predicted octanol–water partition coefficient (Wildman–Crippen LogP) is -1.17. The number of rotatable bonds is 5. The number of primary sulfonamides is 1. The van der Waals surface area contributed by atoms with Crippen molar-refractivity contribution in [3.8, 4) is 11.8 Å².